The van der Waals surface area contributed by atoms with E-state index in [4.69, 9.17) is 0 Å². The third-order valence-corrected chi connectivity index (χ3v) is 6.38. The first-order valence-electron chi connectivity index (χ1n) is 7.64. The van der Waals surface area contributed by atoms with E-state index in [1.807, 2.05) is 24.3 Å². The quantitative estimate of drug-likeness (QED) is 0.601. The van der Waals surface area contributed by atoms with Crippen LogP contribution < -0.4 is 5.32 Å². The molecule has 0 aliphatic carbocycles. The number of carbonyl (C=O) groups excluding carboxylic acids is 1. The van der Waals surface area contributed by atoms with Crippen molar-refractivity contribution in [3.8, 4) is 0 Å². The van der Waals surface area contributed by atoms with E-state index in [-0.39, 0.29) is 5.91 Å². The molecule has 0 fully saturated rings. The van der Waals surface area contributed by atoms with Gasteiger partial charge >= 0.3 is 0 Å². The predicted octanol–water partition coefficient (Wildman–Crippen LogP) is 5.04. The highest BCUT2D eigenvalue weighted by Crippen LogP contribution is 2.30. The first kappa shape index (κ1) is 18.0. The summed E-state index contributed by atoms with van der Waals surface area (Å²) in [5.41, 5.74) is 5.05. The topological polar surface area (TPSA) is 54.9 Å². The number of hydrogen-bond donors (Lipinski definition) is 1. The number of rotatable bonds is 6. The van der Waals surface area contributed by atoms with Crippen molar-refractivity contribution in [1.82, 2.24) is 10.2 Å². The van der Waals surface area contributed by atoms with E-state index < -0.39 is 0 Å². The zero-order valence-corrected chi connectivity index (χ0v) is 16.3. The van der Waals surface area contributed by atoms with Gasteiger partial charge in [0.25, 0.3) is 0 Å². The van der Waals surface area contributed by atoms with Crippen molar-refractivity contribution in [3.05, 3.63) is 59.1 Å². The van der Waals surface area contributed by atoms with Crippen molar-refractivity contribution >= 4 is 46.5 Å². The highest BCUT2D eigenvalue weighted by molar-refractivity contribution is 8.01. The largest absolute Gasteiger partial charge is 0.325 e. The Morgan fingerprint density at radius 1 is 1.08 bits per heavy atom. The summed E-state index contributed by atoms with van der Waals surface area (Å²) < 4.78 is 0.801. The highest BCUT2D eigenvalue weighted by Gasteiger charge is 2.06. The molecule has 3 aromatic rings. The van der Waals surface area contributed by atoms with E-state index in [9.17, 15) is 4.79 Å². The Morgan fingerprint density at radius 3 is 2.52 bits per heavy atom. The van der Waals surface area contributed by atoms with Crippen molar-refractivity contribution < 1.29 is 4.79 Å². The summed E-state index contributed by atoms with van der Waals surface area (Å²) in [6.45, 7) is 4.24. The number of carbonyl (C=O) groups is 1. The predicted molar refractivity (Wildman–Crippen MR) is 106 cm³/mol. The molecule has 0 spiro atoms. The molecule has 0 unspecified atom stereocenters. The number of hydrogen-bond acceptors (Lipinski definition) is 6. The lowest BCUT2D eigenvalue weighted by atomic mass is 10.1. The zero-order valence-electron chi connectivity index (χ0n) is 13.9. The first-order valence-corrected chi connectivity index (χ1v) is 10.3. The van der Waals surface area contributed by atoms with Crippen LogP contribution in [-0.2, 0) is 4.79 Å². The molecule has 0 radical (unpaired) electrons. The minimum atomic E-state index is -0.0465. The van der Waals surface area contributed by atoms with Crippen molar-refractivity contribution in [2.75, 3.05) is 11.1 Å². The van der Waals surface area contributed by atoms with Crippen molar-refractivity contribution in [3.63, 3.8) is 0 Å². The van der Waals surface area contributed by atoms with E-state index in [2.05, 4.69) is 47.6 Å². The monoisotopic (exact) mass is 387 g/mol. The Bertz CT molecular complexity index is 849. The van der Waals surface area contributed by atoms with Crippen LogP contribution >= 0.6 is 34.9 Å². The molecule has 4 nitrogen and oxygen atoms in total. The van der Waals surface area contributed by atoms with Gasteiger partial charge in [-0.05, 0) is 61.4 Å². The molecule has 0 atom stereocenters. The number of nitrogens with one attached hydrogen (secondary N) is 1. The lowest BCUT2D eigenvalue weighted by molar-refractivity contribution is -0.113. The van der Waals surface area contributed by atoms with Gasteiger partial charge in [0.1, 0.15) is 5.51 Å². The molecule has 1 aromatic heterocycles. The van der Waals surface area contributed by atoms with Crippen LogP contribution in [0.4, 0.5) is 5.69 Å². The Balaban J connectivity index is 1.54. The van der Waals surface area contributed by atoms with Gasteiger partial charge in [-0.25, -0.2) is 0 Å². The van der Waals surface area contributed by atoms with Gasteiger partial charge in [-0.2, -0.15) is 0 Å². The molecule has 7 heteroatoms. The average Bonchev–Trinajstić information content (AvgIpc) is 3.12. The van der Waals surface area contributed by atoms with Crippen LogP contribution in [0, 0.1) is 13.8 Å². The van der Waals surface area contributed by atoms with Gasteiger partial charge in [-0.3, -0.25) is 4.79 Å². The zero-order chi connectivity index (χ0) is 17.6. The molecule has 0 saturated heterocycles. The van der Waals surface area contributed by atoms with Crippen LogP contribution in [0.3, 0.4) is 0 Å². The summed E-state index contributed by atoms with van der Waals surface area (Å²) in [5, 5.41) is 10.6. The molecule has 1 amide bonds. The standard InChI is InChI=1S/C18H17N3OS3/c1-12-3-6-16(9-13(12)2)25-15-7-4-14(5-8-15)20-17(22)10-23-18-21-19-11-24-18/h3-9,11H,10H2,1-2H3,(H,20,22). The molecule has 1 heterocycles. The number of aromatic nitrogens is 2. The molecule has 0 aliphatic rings. The Hall–Kier alpha value is -1.83. The molecule has 1 N–H and O–H groups in total. The number of benzene rings is 2. The van der Waals surface area contributed by atoms with E-state index in [1.54, 1.807) is 17.3 Å². The van der Waals surface area contributed by atoms with Crippen LogP contribution in [0.2, 0.25) is 0 Å². The Labute approximate surface area is 159 Å². The van der Waals surface area contributed by atoms with Crippen LogP contribution in [0.5, 0.6) is 0 Å². The van der Waals surface area contributed by atoms with E-state index in [0.29, 0.717) is 5.75 Å². The first-order chi connectivity index (χ1) is 12.1. The summed E-state index contributed by atoms with van der Waals surface area (Å²) in [6, 6.07) is 14.4. The van der Waals surface area contributed by atoms with E-state index in [1.165, 1.54) is 39.1 Å². The maximum Gasteiger partial charge on any atom is 0.234 e. The number of amides is 1. The molecule has 0 bridgehead atoms. The number of thioether (sulfide) groups is 1. The molecular formula is C18H17N3OS3. The van der Waals surface area contributed by atoms with Gasteiger partial charge in [0.05, 0.1) is 5.75 Å². The summed E-state index contributed by atoms with van der Waals surface area (Å²) in [6.07, 6.45) is 0. The molecule has 0 saturated carbocycles. The number of aryl methyl sites for hydroxylation is 2. The van der Waals surface area contributed by atoms with Crippen LogP contribution in [0.1, 0.15) is 11.1 Å². The van der Waals surface area contributed by atoms with Crippen molar-refractivity contribution in [1.29, 1.82) is 0 Å². The van der Waals surface area contributed by atoms with Gasteiger partial charge in [-0.1, -0.05) is 40.9 Å². The lowest BCUT2D eigenvalue weighted by Crippen LogP contribution is -2.13. The molecule has 128 valence electrons. The maximum absolute atomic E-state index is 12.0. The minimum absolute atomic E-state index is 0.0465. The fourth-order valence-electron chi connectivity index (χ4n) is 2.07. The van der Waals surface area contributed by atoms with Crippen LogP contribution in [0.15, 0.2) is 62.1 Å². The average molecular weight is 388 g/mol. The third kappa shape index (κ3) is 5.32. The highest BCUT2D eigenvalue weighted by atomic mass is 32.2. The SMILES string of the molecule is Cc1ccc(Sc2ccc(NC(=O)CSc3nncs3)cc2)cc1C. The Morgan fingerprint density at radius 2 is 1.84 bits per heavy atom. The maximum atomic E-state index is 12.0. The molecular weight excluding hydrogens is 370 g/mol. The summed E-state index contributed by atoms with van der Waals surface area (Å²) in [4.78, 5) is 14.3. The fraction of sp³-hybridized carbons (Fsp3) is 0.167. The number of nitrogens with zero attached hydrogens (tertiary/aromatic N) is 2. The van der Waals surface area contributed by atoms with Crippen molar-refractivity contribution in [2.24, 2.45) is 0 Å². The van der Waals surface area contributed by atoms with Gasteiger partial charge < -0.3 is 5.32 Å². The number of anilines is 1. The van der Waals surface area contributed by atoms with Crippen LogP contribution in [0.25, 0.3) is 0 Å². The molecule has 25 heavy (non-hydrogen) atoms. The molecule has 3 rings (SSSR count). The second kappa shape index (κ2) is 8.51. The second-order valence-electron chi connectivity index (χ2n) is 5.41. The van der Waals surface area contributed by atoms with E-state index in [0.717, 1.165) is 14.9 Å². The second-order valence-corrected chi connectivity index (χ2v) is 8.62. The molecule has 2 aromatic carbocycles. The van der Waals surface area contributed by atoms with Crippen molar-refractivity contribution in [2.45, 2.75) is 28.0 Å². The van der Waals surface area contributed by atoms with Gasteiger partial charge in [0.15, 0.2) is 4.34 Å². The lowest BCUT2D eigenvalue weighted by Gasteiger charge is -2.07. The smallest absolute Gasteiger partial charge is 0.234 e. The van der Waals surface area contributed by atoms with E-state index >= 15 is 0 Å². The fourth-order valence-corrected chi connectivity index (χ4v) is 4.27. The summed E-state index contributed by atoms with van der Waals surface area (Å²) in [5.74, 6) is 0.281. The minimum Gasteiger partial charge on any atom is -0.325 e. The van der Waals surface area contributed by atoms with Gasteiger partial charge in [-0.15, -0.1) is 10.2 Å². The van der Waals surface area contributed by atoms with Crippen LogP contribution in [-0.4, -0.2) is 21.9 Å². The molecule has 0 aliphatic heterocycles. The van der Waals surface area contributed by atoms with Gasteiger partial charge in [0.2, 0.25) is 5.91 Å². The van der Waals surface area contributed by atoms with Gasteiger partial charge in [0, 0.05) is 15.5 Å². The Kier molecular flexibility index (Phi) is 6.12. The summed E-state index contributed by atoms with van der Waals surface area (Å²) in [7, 11) is 0. The third-order valence-electron chi connectivity index (χ3n) is 3.52. The summed E-state index contributed by atoms with van der Waals surface area (Å²) >= 11 is 4.54. The normalized spacial score (nSPS) is 10.6.